The van der Waals surface area contributed by atoms with Crippen LogP contribution in [-0.2, 0) is 6.54 Å². The SMILES string of the molecule is COc1ccc(-c2cnc3c(c2)C(=O)N([C@@H](C)CO)C[C@H](C)[C@H](CN(C)Cc2cccnc2)O3)cc1. The topological polar surface area (TPSA) is 88.0 Å². The minimum atomic E-state index is -0.329. The smallest absolute Gasteiger partial charge is 0.259 e. The van der Waals surface area contributed by atoms with Crippen molar-refractivity contribution in [3.63, 3.8) is 0 Å². The fourth-order valence-corrected chi connectivity index (χ4v) is 4.44. The van der Waals surface area contributed by atoms with E-state index in [4.69, 9.17) is 9.47 Å². The number of carbonyl (C=O) groups excluding carboxylic acids is 1. The van der Waals surface area contributed by atoms with Crippen molar-refractivity contribution in [1.29, 1.82) is 0 Å². The van der Waals surface area contributed by atoms with E-state index in [0.29, 0.717) is 24.5 Å². The van der Waals surface area contributed by atoms with Crippen LogP contribution in [0.2, 0.25) is 0 Å². The van der Waals surface area contributed by atoms with Crippen LogP contribution < -0.4 is 9.47 Å². The Morgan fingerprint density at radius 1 is 1.22 bits per heavy atom. The molecule has 0 bridgehead atoms. The molecule has 0 saturated carbocycles. The van der Waals surface area contributed by atoms with E-state index in [-0.39, 0.29) is 30.6 Å². The molecule has 1 N–H and O–H groups in total. The van der Waals surface area contributed by atoms with Gasteiger partial charge < -0.3 is 19.5 Å². The maximum Gasteiger partial charge on any atom is 0.259 e. The highest BCUT2D eigenvalue weighted by Crippen LogP contribution is 2.31. The van der Waals surface area contributed by atoms with Gasteiger partial charge >= 0.3 is 0 Å². The first-order valence-electron chi connectivity index (χ1n) is 12.2. The summed E-state index contributed by atoms with van der Waals surface area (Å²) in [6.45, 7) is 5.66. The average Bonchev–Trinajstić information content (AvgIpc) is 2.90. The number of benzene rings is 1. The first-order valence-corrected chi connectivity index (χ1v) is 12.2. The van der Waals surface area contributed by atoms with Crippen LogP contribution in [0.15, 0.2) is 61.1 Å². The number of fused-ring (bicyclic) bond motifs is 1. The zero-order chi connectivity index (χ0) is 25.7. The van der Waals surface area contributed by atoms with Crippen molar-refractivity contribution < 1.29 is 19.4 Å². The minimum absolute atomic E-state index is 0.0236. The second kappa shape index (κ2) is 11.5. The molecular formula is C28H34N4O4. The molecule has 2 aromatic heterocycles. The number of amides is 1. The number of likely N-dealkylation sites (N-methyl/N-ethyl adjacent to an activating group) is 1. The van der Waals surface area contributed by atoms with Crippen molar-refractivity contribution in [3.05, 3.63) is 72.2 Å². The standard InChI is InChI=1S/C28H34N4O4/c1-19-15-32(20(2)18-33)28(34)25-12-23(22-7-9-24(35-4)10-8-22)14-30-27(25)36-26(19)17-31(3)16-21-6-5-11-29-13-21/h5-14,19-20,26,33H,15-18H2,1-4H3/t19-,20-,26-/m0/s1. The average molecular weight is 491 g/mol. The number of pyridine rings is 2. The number of ether oxygens (including phenoxy) is 2. The first kappa shape index (κ1) is 25.6. The van der Waals surface area contributed by atoms with E-state index < -0.39 is 0 Å². The van der Waals surface area contributed by atoms with Crippen molar-refractivity contribution in [2.75, 3.05) is 33.9 Å². The number of carbonyl (C=O) groups is 1. The van der Waals surface area contributed by atoms with E-state index in [1.165, 1.54) is 0 Å². The summed E-state index contributed by atoms with van der Waals surface area (Å²) in [6, 6.07) is 13.1. The van der Waals surface area contributed by atoms with E-state index >= 15 is 0 Å². The van der Waals surface area contributed by atoms with E-state index in [1.807, 2.05) is 62.6 Å². The Bertz CT molecular complexity index is 1160. The Kier molecular flexibility index (Phi) is 8.18. The van der Waals surface area contributed by atoms with Gasteiger partial charge in [-0.3, -0.25) is 14.7 Å². The number of nitrogens with zero attached hydrogens (tertiary/aromatic N) is 4. The number of aliphatic hydroxyl groups excluding tert-OH is 1. The number of aliphatic hydroxyl groups is 1. The van der Waals surface area contributed by atoms with Crippen molar-refractivity contribution in [2.45, 2.75) is 32.5 Å². The van der Waals surface area contributed by atoms with E-state index in [2.05, 4.69) is 21.8 Å². The zero-order valence-corrected chi connectivity index (χ0v) is 21.3. The largest absolute Gasteiger partial charge is 0.497 e. The third-order valence-corrected chi connectivity index (χ3v) is 6.61. The highest BCUT2D eigenvalue weighted by Gasteiger charge is 2.34. The Hall–Kier alpha value is -3.49. The van der Waals surface area contributed by atoms with Gasteiger partial charge in [0.15, 0.2) is 0 Å². The molecule has 36 heavy (non-hydrogen) atoms. The van der Waals surface area contributed by atoms with Gasteiger partial charge in [-0.1, -0.05) is 25.1 Å². The normalized spacial score (nSPS) is 18.7. The van der Waals surface area contributed by atoms with Crippen LogP contribution in [0.1, 0.15) is 29.8 Å². The van der Waals surface area contributed by atoms with Crippen molar-refractivity contribution >= 4 is 5.91 Å². The summed E-state index contributed by atoms with van der Waals surface area (Å²) < 4.78 is 11.7. The number of methoxy groups -OCH3 is 1. The van der Waals surface area contributed by atoms with Gasteiger partial charge in [-0.2, -0.15) is 0 Å². The second-order valence-corrected chi connectivity index (χ2v) is 9.49. The highest BCUT2D eigenvalue weighted by molar-refractivity contribution is 5.98. The molecule has 8 nitrogen and oxygen atoms in total. The van der Waals surface area contributed by atoms with Crippen LogP contribution in [0, 0.1) is 5.92 Å². The van der Waals surface area contributed by atoms with Gasteiger partial charge in [0.1, 0.15) is 17.4 Å². The zero-order valence-electron chi connectivity index (χ0n) is 21.3. The molecule has 3 atom stereocenters. The lowest BCUT2D eigenvalue weighted by molar-refractivity contribution is 0.0325. The molecule has 4 rings (SSSR count). The molecule has 1 aliphatic heterocycles. The van der Waals surface area contributed by atoms with Crippen LogP contribution in [-0.4, -0.2) is 76.8 Å². The van der Waals surface area contributed by atoms with Crippen LogP contribution in [0.4, 0.5) is 0 Å². The molecule has 8 heteroatoms. The minimum Gasteiger partial charge on any atom is -0.497 e. The van der Waals surface area contributed by atoms with Crippen molar-refractivity contribution in [1.82, 2.24) is 19.8 Å². The molecular weight excluding hydrogens is 456 g/mol. The third kappa shape index (κ3) is 5.83. The van der Waals surface area contributed by atoms with Gasteiger partial charge in [0, 0.05) is 49.7 Å². The van der Waals surface area contributed by atoms with Crippen LogP contribution in [0.25, 0.3) is 11.1 Å². The number of hydrogen-bond acceptors (Lipinski definition) is 7. The Labute approximate surface area is 212 Å². The van der Waals surface area contributed by atoms with E-state index in [9.17, 15) is 9.90 Å². The predicted molar refractivity (Wildman–Crippen MR) is 138 cm³/mol. The van der Waals surface area contributed by atoms with Crippen LogP contribution in [0.5, 0.6) is 11.6 Å². The Morgan fingerprint density at radius 2 is 2.00 bits per heavy atom. The molecule has 3 heterocycles. The van der Waals surface area contributed by atoms with E-state index in [1.54, 1.807) is 24.4 Å². The quantitative estimate of drug-likeness (QED) is 0.517. The summed E-state index contributed by atoms with van der Waals surface area (Å²) in [7, 11) is 3.67. The monoisotopic (exact) mass is 490 g/mol. The molecule has 0 fully saturated rings. The van der Waals surface area contributed by atoms with Gasteiger partial charge in [-0.15, -0.1) is 0 Å². The molecule has 0 aliphatic carbocycles. The van der Waals surface area contributed by atoms with Crippen molar-refractivity contribution in [2.24, 2.45) is 5.92 Å². The summed E-state index contributed by atoms with van der Waals surface area (Å²) in [5.41, 5.74) is 3.25. The molecule has 0 radical (unpaired) electrons. The maximum absolute atomic E-state index is 13.6. The fraction of sp³-hybridized carbons (Fsp3) is 0.393. The lowest BCUT2D eigenvalue weighted by atomic mass is 9.99. The van der Waals surface area contributed by atoms with Gasteiger partial charge in [0.05, 0.1) is 19.8 Å². The Balaban J connectivity index is 1.65. The summed E-state index contributed by atoms with van der Waals surface area (Å²) in [4.78, 5) is 26.4. The number of rotatable bonds is 8. The molecule has 3 aromatic rings. The summed E-state index contributed by atoms with van der Waals surface area (Å²) in [5.74, 6) is 0.908. The van der Waals surface area contributed by atoms with Crippen molar-refractivity contribution in [3.8, 4) is 22.8 Å². The molecule has 0 saturated heterocycles. The van der Waals surface area contributed by atoms with E-state index in [0.717, 1.165) is 29.0 Å². The second-order valence-electron chi connectivity index (χ2n) is 9.49. The van der Waals surface area contributed by atoms with Gasteiger partial charge in [-0.25, -0.2) is 4.98 Å². The predicted octanol–water partition coefficient (Wildman–Crippen LogP) is 3.50. The molecule has 0 unspecified atom stereocenters. The highest BCUT2D eigenvalue weighted by atomic mass is 16.5. The summed E-state index contributed by atoms with van der Waals surface area (Å²) in [6.07, 6.45) is 5.16. The molecule has 1 amide bonds. The lowest BCUT2D eigenvalue weighted by Gasteiger charge is -2.37. The molecule has 190 valence electrons. The van der Waals surface area contributed by atoms with Crippen LogP contribution >= 0.6 is 0 Å². The number of aromatic nitrogens is 2. The maximum atomic E-state index is 13.6. The lowest BCUT2D eigenvalue weighted by Crippen LogP contribution is -2.49. The first-order chi connectivity index (χ1) is 17.4. The summed E-state index contributed by atoms with van der Waals surface area (Å²) in [5, 5.41) is 9.89. The van der Waals surface area contributed by atoms with Gasteiger partial charge in [0.2, 0.25) is 5.88 Å². The van der Waals surface area contributed by atoms with Gasteiger partial charge in [-0.05, 0) is 49.4 Å². The van der Waals surface area contributed by atoms with Gasteiger partial charge in [0.25, 0.3) is 5.91 Å². The summed E-state index contributed by atoms with van der Waals surface area (Å²) >= 11 is 0. The Morgan fingerprint density at radius 3 is 2.67 bits per heavy atom. The third-order valence-electron chi connectivity index (χ3n) is 6.61. The molecule has 1 aliphatic rings. The molecule has 0 spiro atoms. The fourth-order valence-electron chi connectivity index (χ4n) is 4.44. The number of hydrogen-bond donors (Lipinski definition) is 1. The van der Waals surface area contributed by atoms with Crippen LogP contribution in [0.3, 0.4) is 0 Å². The molecule has 1 aromatic carbocycles.